The van der Waals surface area contributed by atoms with Gasteiger partial charge in [-0.3, -0.25) is 9.69 Å². The molecule has 4 aromatic rings. The summed E-state index contributed by atoms with van der Waals surface area (Å²) in [6.45, 7) is 5.65. The zero-order valence-corrected chi connectivity index (χ0v) is 22.8. The van der Waals surface area contributed by atoms with E-state index in [9.17, 15) is 18.0 Å². The van der Waals surface area contributed by atoms with E-state index in [1.165, 1.54) is 18.5 Å². The van der Waals surface area contributed by atoms with Gasteiger partial charge in [0.05, 0.1) is 23.0 Å². The fraction of sp³-hybridized carbons (Fsp3) is 0.333. The van der Waals surface area contributed by atoms with Gasteiger partial charge in [-0.2, -0.15) is 13.2 Å². The van der Waals surface area contributed by atoms with Crippen LogP contribution in [-0.4, -0.2) is 44.9 Å². The molecule has 0 bridgehead atoms. The van der Waals surface area contributed by atoms with E-state index < -0.39 is 17.8 Å². The fourth-order valence-electron chi connectivity index (χ4n) is 5.11. The van der Waals surface area contributed by atoms with Crippen molar-refractivity contribution in [1.29, 1.82) is 0 Å². The lowest BCUT2D eigenvalue weighted by atomic mass is 9.99. The van der Waals surface area contributed by atoms with E-state index in [4.69, 9.17) is 10.5 Å². The number of nitrogens with two attached hydrogens (primary N) is 1. The van der Waals surface area contributed by atoms with Crippen LogP contribution in [-0.2, 0) is 11.0 Å². The molecule has 2 aromatic heterocycles. The van der Waals surface area contributed by atoms with Gasteiger partial charge in [0.25, 0.3) is 0 Å². The van der Waals surface area contributed by atoms with Crippen molar-refractivity contribution in [3.05, 3.63) is 66.5 Å². The van der Waals surface area contributed by atoms with E-state index >= 15 is 0 Å². The Morgan fingerprint density at radius 3 is 2.73 bits per heavy atom. The normalized spacial score (nSPS) is 16.2. The number of anilines is 2. The second-order valence-corrected chi connectivity index (χ2v) is 10.6. The van der Waals surface area contributed by atoms with Crippen molar-refractivity contribution >= 4 is 28.3 Å². The number of hydrogen-bond donors (Lipinski definition) is 2. The highest BCUT2D eigenvalue weighted by atomic mass is 19.4. The van der Waals surface area contributed by atoms with E-state index in [0.29, 0.717) is 35.0 Å². The van der Waals surface area contributed by atoms with Gasteiger partial charge >= 0.3 is 6.18 Å². The molecule has 0 spiro atoms. The van der Waals surface area contributed by atoms with Crippen LogP contribution < -0.4 is 15.8 Å². The van der Waals surface area contributed by atoms with E-state index in [0.717, 1.165) is 43.5 Å². The summed E-state index contributed by atoms with van der Waals surface area (Å²) in [6.07, 6.45) is -0.832. The predicted octanol–water partition coefficient (Wildman–Crippen LogP) is 6.53. The molecule has 3 heterocycles. The van der Waals surface area contributed by atoms with Crippen molar-refractivity contribution in [3.8, 4) is 22.9 Å². The Kier molecular flexibility index (Phi) is 8.07. The molecule has 0 aliphatic carbocycles. The van der Waals surface area contributed by atoms with Gasteiger partial charge in [-0.15, -0.1) is 0 Å². The van der Waals surface area contributed by atoms with E-state index in [-0.39, 0.29) is 23.2 Å². The number of carbonyl (C=O) groups is 1. The Morgan fingerprint density at radius 1 is 1.12 bits per heavy atom. The summed E-state index contributed by atoms with van der Waals surface area (Å²) < 4.78 is 47.1. The molecule has 1 amide bonds. The lowest BCUT2D eigenvalue weighted by molar-refractivity contribution is -0.137. The molecule has 214 valence electrons. The van der Waals surface area contributed by atoms with E-state index in [1.54, 1.807) is 18.2 Å². The Hall–Kier alpha value is -4.25. The van der Waals surface area contributed by atoms with Crippen LogP contribution in [0.25, 0.3) is 22.2 Å². The quantitative estimate of drug-likeness (QED) is 0.263. The number of amides is 1. The van der Waals surface area contributed by atoms with Crippen LogP contribution >= 0.6 is 0 Å². The second-order valence-electron chi connectivity index (χ2n) is 10.6. The monoisotopic (exact) mass is 564 g/mol. The van der Waals surface area contributed by atoms with Gasteiger partial charge in [-0.05, 0) is 55.6 Å². The third kappa shape index (κ3) is 6.57. The number of nitrogens with zero attached hydrogens (tertiary/aromatic N) is 4. The molecular weight excluding hydrogens is 533 g/mol. The predicted molar refractivity (Wildman–Crippen MR) is 151 cm³/mol. The number of hydrogen-bond acceptors (Lipinski definition) is 7. The summed E-state index contributed by atoms with van der Waals surface area (Å²) >= 11 is 0. The van der Waals surface area contributed by atoms with Gasteiger partial charge in [0.2, 0.25) is 11.8 Å². The Morgan fingerprint density at radius 2 is 1.95 bits per heavy atom. The van der Waals surface area contributed by atoms with Gasteiger partial charge in [-0.25, -0.2) is 15.0 Å². The first-order valence-corrected chi connectivity index (χ1v) is 13.5. The number of para-hydroxylation sites is 1. The number of nitrogens with one attached hydrogen (secondary N) is 1. The number of rotatable bonds is 7. The summed E-state index contributed by atoms with van der Waals surface area (Å²) in [6, 6.07) is 13.2. The third-order valence-electron chi connectivity index (χ3n) is 6.96. The van der Waals surface area contributed by atoms with Crippen LogP contribution in [0.4, 0.5) is 24.7 Å². The maximum atomic E-state index is 13.7. The van der Waals surface area contributed by atoms with Gasteiger partial charge in [0.15, 0.2) is 5.75 Å². The average molecular weight is 565 g/mol. The standard InChI is InChI=1S/C30H31F3N6O2/c1-18(2)16-39-13-4-3-7-24(39)29(40)37-23-14-20(30(31,32)33)10-11-21(23)22-15-27(36-17-35-22)41-25-8-5-6-19-9-12-26(34)38-28(19)25/h5-6,8-12,14-15,17-18,24H,3-4,7,13,16H2,1-2H3,(H2,34,38)(H,37,40)/t24-/m1/s1. The summed E-state index contributed by atoms with van der Waals surface area (Å²) in [5, 5.41) is 3.60. The molecule has 0 saturated carbocycles. The highest BCUT2D eigenvalue weighted by Gasteiger charge is 2.33. The van der Waals surface area contributed by atoms with Crippen LogP contribution in [0, 0.1) is 5.92 Å². The molecular formula is C30H31F3N6O2. The third-order valence-corrected chi connectivity index (χ3v) is 6.96. The van der Waals surface area contributed by atoms with Crippen LogP contribution in [0.2, 0.25) is 0 Å². The molecule has 0 unspecified atom stereocenters. The lowest BCUT2D eigenvalue weighted by Crippen LogP contribution is -2.48. The second kappa shape index (κ2) is 11.7. The zero-order chi connectivity index (χ0) is 29.1. The number of likely N-dealkylation sites (tertiary alicyclic amines) is 1. The van der Waals surface area contributed by atoms with Crippen molar-refractivity contribution in [2.24, 2.45) is 5.92 Å². The first-order valence-electron chi connectivity index (χ1n) is 13.5. The average Bonchev–Trinajstić information content (AvgIpc) is 2.93. The number of fused-ring (bicyclic) bond motifs is 1. The van der Waals surface area contributed by atoms with Gasteiger partial charge in [0, 0.05) is 23.6 Å². The maximum absolute atomic E-state index is 13.7. The molecule has 1 fully saturated rings. The van der Waals surface area contributed by atoms with Crippen LogP contribution in [0.3, 0.4) is 0 Å². The lowest BCUT2D eigenvalue weighted by Gasteiger charge is -2.35. The molecule has 1 atom stereocenters. The number of aromatic nitrogens is 3. The highest BCUT2D eigenvalue weighted by Crippen LogP contribution is 2.37. The first-order chi connectivity index (χ1) is 19.6. The van der Waals surface area contributed by atoms with Crippen LogP contribution in [0.1, 0.15) is 38.7 Å². The van der Waals surface area contributed by atoms with Crippen LogP contribution in [0.15, 0.2) is 60.9 Å². The molecule has 1 aliphatic heterocycles. The first kappa shape index (κ1) is 28.3. The minimum Gasteiger partial charge on any atom is -0.437 e. The minimum atomic E-state index is -4.59. The van der Waals surface area contributed by atoms with Gasteiger partial charge < -0.3 is 15.8 Å². The molecule has 11 heteroatoms. The highest BCUT2D eigenvalue weighted by molar-refractivity contribution is 5.98. The largest absolute Gasteiger partial charge is 0.437 e. The fourth-order valence-corrected chi connectivity index (χ4v) is 5.11. The Balaban J connectivity index is 1.48. The van der Waals surface area contributed by atoms with Crippen molar-refractivity contribution in [2.45, 2.75) is 45.3 Å². The number of halogens is 3. The van der Waals surface area contributed by atoms with Crippen LogP contribution in [0.5, 0.6) is 11.6 Å². The molecule has 41 heavy (non-hydrogen) atoms. The summed E-state index contributed by atoms with van der Waals surface area (Å²) in [5.74, 6) is 0.894. The smallest absolute Gasteiger partial charge is 0.416 e. The van der Waals surface area contributed by atoms with Crippen molar-refractivity contribution in [1.82, 2.24) is 19.9 Å². The molecule has 5 rings (SSSR count). The summed E-state index contributed by atoms with van der Waals surface area (Å²) in [5.41, 5.74) is 6.14. The van der Waals surface area contributed by atoms with E-state index in [1.807, 2.05) is 12.1 Å². The molecule has 1 saturated heterocycles. The molecule has 0 radical (unpaired) electrons. The number of carbonyl (C=O) groups excluding carboxylic acids is 1. The molecule has 8 nitrogen and oxygen atoms in total. The topological polar surface area (TPSA) is 106 Å². The minimum absolute atomic E-state index is 0.0177. The Labute approximate surface area is 235 Å². The van der Waals surface area contributed by atoms with Gasteiger partial charge in [-0.1, -0.05) is 38.5 Å². The maximum Gasteiger partial charge on any atom is 0.416 e. The van der Waals surface area contributed by atoms with E-state index in [2.05, 4.69) is 39.0 Å². The number of pyridine rings is 1. The SMILES string of the molecule is CC(C)CN1CCCC[C@@H]1C(=O)Nc1cc(C(F)(F)F)ccc1-c1cc(Oc2cccc3ccc(N)nc23)ncn1. The Bertz CT molecular complexity index is 1560. The van der Waals surface area contributed by atoms with Crippen molar-refractivity contribution in [3.63, 3.8) is 0 Å². The number of ether oxygens (including phenoxy) is 1. The summed E-state index contributed by atoms with van der Waals surface area (Å²) in [7, 11) is 0. The molecule has 3 N–H and O–H groups in total. The van der Waals surface area contributed by atoms with Crippen molar-refractivity contribution < 1.29 is 22.7 Å². The number of piperidine rings is 1. The number of benzene rings is 2. The molecule has 2 aromatic carbocycles. The zero-order valence-electron chi connectivity index (χ0n) is 22.8. The van der Waals surface area contributed by atoms with Gasteiger partial charge in [0.1, 0.15) is 17.7 Å². The number of nitrogen functional groups attached to an aromatic ring is 1. The molecule has 1 aliphatic rings. The van der Waals surface area contributed by atoms with Crippen molar-refractivity contribution in [2.75, 3.05) is 24.1 Å². The number of alkyl halides is 3. The summed E-state index contributed by atoms with van der Waals surface area (Å²) in [4.78, 5) is 28.4.